The molecule has 0 bridgehead atoms. The first-order chi connectivity index (χ1) is 6.76. The highest BCUT2D eigenvalue weighted by molar-refractivity contribution is 7.98. The Morgan fingerprint density at radius 2 is 1.86 bits per heavy atom. The van der Waals surface area contributed by atoms with E-state index < -0.39 is 0 Å². The molecule has 0 fully saturated rings. The van der Waals surface area contributed by atoms with E-state index in [2.05, 4.69) is 6.07 Å². The van der Waals surface area contributed by atoms with Crippen molar-refractivity contribution in [2.45, 2.75) is 4.90 Å². The lowest BCUT2D eigenvalue weighted by Crippen LogP contribution is -1.92. The fourth-order valence-corrected chi connectivity index (χ4v) is 1.68. The molecule has 0 amide bonds. The fourth-order valence-electron chi connectivity index (χ4n) is 1.12. The first-order valence-electron chi connectivity index (χ1n) is 3.97. The summed E-state index contributed by atoms with van der Waals surface area (Å²) in [6.45, 7) is 0. The summed E-state index contributed by atoms with van der Waals surface area (Å²) in [6.07, 6.45) is 1.95. The predicted octanol–water partition coefficient (Wildman–Crippen LogP) is 2.30. The Morgan fingerprint density at radius 1 is 1.21 bits per heavy atom. The quantitative estimate of drug-likeness (QED) is 0.716. The van der Waals surface area contributed by atoms with Crippen LogP contribution in [-0.4, -0.2) is 20.5 Å². The number of nitriles is 1. The van der Waals surface area contributed by atoms with Crippen molar-refractivity contribution in [3.8, 4) is 17.6 Å². The largest absolute Gasteiger partial charge is 0.496 e. The zero-order chi connectivity index (χ0) is 10.6. The summed E-state index contributed by atoms with van der Waals surface area (Å²) < 4.78 is 10.2. The van der Waals surface area contributed by atoms with Crippen molar-refractivity contribution < 1.29 is 9.47 Å². The van der Waals surface area contributed by atoms with Crippen LogP contribution in [0.15, 0.2) is 17.0 Å². The highest BCUT2D eigenvalue weighted by atomic mass is 32.2. The molecule has 0 spiro atoms. The van der Waals surface area contributed by atoms with Gasteiger partial charge < -0.3 is 9.47 Å². The number of nitrogens with zero attached hydrogens (tertiary/aromatic N) is 1. The van der Waals surface area contributed by atoms with Gasteiger partial charge in [0.2, 0.25) is 0 Å². The number of ether oxygens (including phenoxy) is 2. The molecule has 0 N–H and O–H groups in total. The van der Waals surface area contributed by atoms with Crippen molar-refractivity contribution in [3.05, 3.63) is 17.7 Å². The molecule has 1 aromatic carbocycles. The second-order valence-corrected chi connectivity index (χ2v) is 3.37. The standard InChI is InChI=1S/C10H11NO2S/c1-12-8-5-10(14-3)9(13-2)4-7(8)6-11/h4-5H,1-3H3. The van der Waals surface area contributed by atoms with Crippen LogP contribution in [0.4, 0.5) is 0 Å². The van der Waals surface area contributed by atoms with E-state index in [0.29, 0.717) is 17.1 Å². The van der Waals surface area contributed by atoms with E-state index in [4.69, 9.17) is 14.7 Å². The van der Waals surface area contributed by atoms with Gasteiger partial charge in [-0.25, -0.2) is 0 Å². The molecule has 1 rings (SSSR count). The van der Waals surface area contributed by atoms with Crippen LogP contribution in [0.2, 0.25) is 0 Å². The molecule has 14 heavy (non-hydrogen) atoms. The maximum Gasteiger partial charge on any atom is 0.138 e. The number of hydrogen-bond acceptors (Lipinski definition) is 4. The summed E-state index contributed by atoms with van der Waals surface area (Å²) in [5, 5.41) is 8.84. The van der Waals surface area contributed by atoms with E-state index in [1.165, 1.54) is 0 Å². The van der Waals surface area contributed by atoms with E-state index >= 15 is 0 Å². The number of methoxy groups -OCH3 is 2. The highest BCUT2D eigenvalue weighted by Gasteiger charge is 2.09. The molecule has 0 heterocycles. The summed E-state index contributed by atoms with van der Waals surface area (Å²) >= 11 is 1.55. The number of rotatable bonds is 3. The van der Waals surface area contributed by atoms with Crippen LogP contribution in [0.5, 0.6) is 11.5 Å². The zero-order valence-corrected chi connectivity index (χ0v) is 9.14. The second-order valence-electron chi connectivity index (χ2n) is 2.52. The third-order valence-corrected chi connectivity index (χ3v) is 2.58. The van der Waals surface area contributed by atoms with Gasteiger partial charge in [-0.15, -0.1) is 11.8 Å². The third-order valence-electron chi connectivity index (χ3n) is 1.83. The van der Waals surface area contributed by atoms with Crippen LogP contribution in [0.25, 0.3) is 0 Å². The Balaban J connectivity index is 3.30. The molecule has 0 atom stereocenters. The Bertz CT molecular complexity index is 371. The lowest BCUT2D eigenvalue weighted by atomic mass is 10.2. The van der Waals surface area contributed by atoms with Crippen LogP contribution in [0.1, 0.15) is 5.56 Å². The first-order valence-corrected chi connectivity index (χ1v) is 5.19. The summed E-state index contributed by atoms with van der Waals surface area (Å²) in [6, 6.07) is 5.55. The summed E-state index contributed by atoms with van der Waals surface area (Å²) in [4.78, 5) is 0.961. The van der Waals surface area contributed by atoms with Gasteiger partial charge in [0.25, 0.3) is 0 Å². The van der Waals surface area contributed by atoms with Crippen molar-refractivity contribution in [2.75, 3.05) is 20.5 Å². The average molecular weight is 209 g/mol. The first kappa shape index (κ1) is 10.7. The van der Waals surface area contributed by atoms with Crippen LogP contribution in [0, 0.1) is 11.3 Å². The molecule has 0 aliphatic carbocycles. The topological polar surface area (TPSA) is 42.2 Å². The van der Waals surface area contributed by atoms with E-state index in [9.17, 15) is 0 Å². The smallest absolute Gasteiger partial charge is 0.138 e. The SMILES string of the molecule is COc1cc(SC)c(OC)cc1C#N. The lowest BCUT2D eigenvalue weighted by molar-refractivity contribution is 0.393. The molecule has 0 aliphatic rings. The van der Waals surface area contributed by atoms with Gasteiger partial charge in [-0.05, 0) is 12.3 Å². The molecule has 4 heteroatoms. The predicted molar refractivity (Wildman–Crippen MR) is 56.0 cm³/mol. The van der Waals surface area contributed by atoms with Gasteiger partial charge >= 0.3 is 0 Å². The Morgan fingerprint density at radius 3 is 2.29 bits per heavy atom. The van der Waals surface area contributed by atoms with Crippen molar-refractivity contribution in [1.82, 2.24) is 0 Å². The molecule has 0 radical (unpaired) electrons. The molecular formula is C10H11NO2S. The molecule has 0 saturated carbocycles. The fraction of sp³-hybridized carbons (Fsp3) is 0.300. The number of hydrogen-bond donors (Lipinski definition) is 0. The monoisotopic (exact) mass is 209 g/mol. The number of thioether (sulfide) groups is 1. The second kappa shape index (κ2) is 4.77. The van der Waals surface area contributed by atoms with Gasteiger partial charge in [-0.1, -0.05) is 0 Å². The molecule has 0 aliphatic heterocycles. The van der Waals surface area contributed by atoms with Gasteiger partial charge in [0, 0.05) is 6.07 Å². The molecular weight excluding hydrogens is 198 g/mol. The molecule has 0 unspecified atom stereocenters. The molecule has 3 nitrogen and oxygen atoms in total. The highest BCUT2D eigenvalue weighted by Crippen LogP contribution is 2.33. The lowest BCUT2D eigenvalue weighted by Gasteiger charge is -2.09. The normalized spacial score (nSPS) is 9.29. The van der Waals surface area contributed by atoms with Crippen molar-refractivity contribution in [2.24, 2.45) is 0 Å². The van der Waals surface area contributed by atoms with Gasteiger partial charge in [0.15, 0.2) is 0 Å². The minimum Gasteiger partial charge on any atom is -0.496 e. The zero-order valence-electron chi connectivity index (χ0n) is 8.33. The number of benzene rings is 1. The van der Waals surface area contributed by atoms with Gasteiger partial charge in [-0.2, -0.15) is 5.26 Å². The Kier molecular flexibility index (Phi) is 3.66. The molecule has 0 aromatic heterocycles. The van der Waals surface area contributed by atoms with Crippen LogP contribution in [-0.2, 0) is 0 Å². The van der Waals surface area contributed by atoms with Crippen LogP contribution < -0.4 is 9.47 Å². The maximum absolute atomic E-state index is 8.84. The molecule has 74 valence electrons. The average Bonchev–Trinajstić information content (AvgIpc) is 2.26. The third kappa shape index (κ3) is 1.94. The van der Waals surface area contributed by atoms with E-state index in [0.717, 1.165) is 4.90 Å². The van der Waals surface area contributed by atoms with Gasteiger partial charge in [-0.3, -0.25) is 0 Å². The van der Waals surface area contributed by atoms with Gasteiger partial charge in [0.05, 0.1) is 24.7 Å². The molecule has 0 saturated heterocycles. The molecule has 1 aromatic rings. The van der Waals surface area contributed by atoms with E-state index in [-0.39, 0.29) is 0 Å². The van der Waals surface area contributed by atoms with Crippen LogP contribution >= 0.6 is 11.8 Å². The van der Waals surface area contributed by atoms with E-state index in [1.807, 2.05) is 12.3 Å². The van der Waals surface area contributed by atoms with Crippen molar-refractivity contribution in [3.63, 3.8) is 0 Å². The maximum atomic E-state index is 8.84. The van der Waals surface area contributed by atoms with Crippen molar-refractivity contribution >= 4 is 11.8 Å². The van der Waals surface area contributed by atoms with Crippen molar-refractivity contribution in [1.29, 1.82) is 5.26 Å². The summed E-state index contributed by atoms with van der Waals surface area (Å²) in [5.74, 6) is 1.28. The van der Waals surface area contributed by atoms with Gasteiger partial charge in [0.1, 0.15) is 17.6 Å². The minimum atomic E-state index is 0.488. The summed E-state index contributed by atoms with van der Waals surface area (Å²) in [5.41, 5.74) is 0.488. The summed E-state index contributed by atoms with van der Waals surface area (Å²) in [7, 11) is 3.13. The Hall–Kier alpha value is -1.34. The Labute approximate surface area is 87.6 Å². The van der Waals surface area contributed by atoms with Crippen LogP contribution in [0.3, 0.4) is 0 Å². The van der Waals surface area contributed by atoms with E-state index in [1.54, 1.807) is 32.0 Å². The minimum absolute atomic E-state index is 0.488.